The van der Waals surface area contributed by atoms with Crippen LogP contribution >= 0.6 is 11.8 Å². The molecule has 7 heteroatoms. The number of carbonyl (C=O) groups is 2. The molecule has 2 heterocycles. The summed E-state index contributed by atoms with van der Waals surface area (Å²) in [6.07, 6.45) is 6.91. The van der Waals surface area contributed by atoms with Crippen LogP contribution in [0.25, 0.3) is 0 Å². The Morgan fingerprint density at radius 2 is 1.86 bits per heavy atom. The van der Waals surface area contributed by atoms with Gasteiger partial charge in [-0.2, -0.15) is 11.8 Å². The largest absolute Gasteiger partial charge is 0.458 e. The van der Waals surface area contributed by atoms with Crippen LogP contribution in [-0.4, -0.2) is 63.0 Å². The molecule has 0 aromatic heterocycles. The molecule has 204 valence electrons. The molecule has 2 N–H and O–H groups in total. The first-order chi connectivity index (χ1) is 17.4. The second-order valence-electron chi connectivity index (χ2n) is 13.2. The van der Waals surface area contributed by atoms with Crippen LogP contribution in [0, 0.1) is 34.5 Å². The third-order valence-electron chi connectivity index (χ3n) is 12.3. The van der Waals surface area contributed by atoms with Gasteiger partial charge in [0.2, 0.25) is 0 Å². The van der Waals surface area contributed by atoms with E-state index in [2.05, 4.69) is 20.8 Å². The van der Waals surface area contributed by atoms with E-state index < -0.39 is 22.7 Å². The second kappa shape index (κ2) is 8.42. The maximum absolute atomic E-state index is 13.7. The van der Waals surface area contributed by atoms with Crippen LogP contribution in [0.15, 0.2) is 23.3 Å². The number of allylic oxidation sites excluding steroid dienone is 1. The van der Waals surface area contributed by atoms with Crippen LogP contribution in [0.4, 0.5) is 0 Å². The highest BCUT2D eigenvalue weighted by Gasteiger charge is 2.74. The number of ketones is 1. The van der Waals surface area contributed by atoms with E-state index in [4.69, 9.17) is 9.47 Å². The minimum Gasteiger partial charge on any atom is -0.458 e. The lowest BCUT2D eigenvalue weighted by molar-refractivity contribution is -0.243. The van der Waals surface area contributed by atoms with E-state index in [1.807, 2.05) is 25.6 Å². The molecule has 2 aliphatic heterocycles. The van der Waals surface area contributed by atoms with Crippen molar-refractivity contribution < 1.29 is 29.3 Å². The smallest absolute Gasteiger partial charge is 0.333 e. The molecule has 11 atom stereocenters. The van der Waals surface area contributed by atoms with E-state index in [-0.39, 0.29) is 52.2 Å². The lowest BCUT2D eigenvalue weighted by Crippen LogP contribution is -2.75. The minimum atomic E-state index is -0.944. The Bertz CT molecular complexity index is 1080. The zero-order valence-electron chi connectivity index (χ0n) is 22.8. The fourth-order valence-electron chi connectivity index (χ4n) is 9.95. The summed E-state index contributed by atoms with van der Waals surface area (Å²) < 4.78 is 12.4. The summed E-state index contributed by atoms with van der Waals surface area (Å²) in [4.78, 5) is 26.2. The average Bonchev–Trinajstić information content (AvgIpc) is 3.15. The Morgan fingerprint density at radius 3 is 2.59 bits per heavy atom. The van der Waals surface area contributed by atoms with Gasteiger partial charge in [-0.3, -0.25) is 4.79 Å². The van der Waals surface area contributed by atoms with Gasteiger partial charge in [-0.15, -0.1) is 0 Å². The van der Waals surface area contributed by atoms with Gasteiger partial charge in [-0.25, -0.2) is 4.79 Å². The molecule has 0 amide bonds. The summed E-state index contributed by atoms with van der Waals surface area (Å²) in [6, 6.07) is 0. The van der Waals surface area contributed by atoms with Gasteiger partial charge in [0.25, 0.3) is 0 Å². The monoisotopic (exact) mass is 530 g/mol. The third-order valence-corrected chi connectivity index (χ3v) is 13.7. The Kier molecular flexibility index (Phi) is 5.94. The predicted octanol–water partition coefficient (Wildman–Crippen LogP) is 4.23. The number of esters is 1. The molecule has 6 nitrogen and oxygen atoms in total. The molecule has 4 aliphatic carbocycles. The fourth-order valence-corrected chi connectivity index (χ4v) is 11.5. The fraction of sp³-hybridized carbons (Fsp3) is 0.800. The molecule has 1 saturated heterocycles. The number of cyclic esters (lactones) is 1. The van der Waals surface area contributed by atoms with Crippen molar-refractivity contribution in [2.75, 3.05) is 12.4 Å². The van der Waals surface area contributed by atoms with Crippen molar-refractivity contribution in [2.24, 2.45) is 34.5 Å². The molecule has 0 aromatic rings. The van der Waals surface area contributed by atoms with Crippen molar-refractivity contribution >= 4 is 23.5 Å². The van der Waals surface area contributed by atoms with Gasteiger partial charge in [-0.05, 0) is 88.2 Å². The number of ether oxygens (including phenoxy) is 2. The maximum atomic E-state index is 13.7. The van der Waals surface area contributed by atoms with Crippen LogP contribution in [0.5, 0.6) is 0 Å². The van der Waals surface area contributed by atoms with Crippen LogP contribution in [0.2, 0.25) is 0 Å². The molecule has 3 saturated carbocycles. The van der Waals surface area contributed by atoms with E-state index >= 15 is 0 Å². The average molecular weight is 531 g/mol. The highest BCUT2D eigenvalue weighted by molar-refractivity contribution is 8.00. The summed E-state index contributed by atoms with van der Waals surface area (Å²) in [5, 5.41) is 23.8. The molecule has 6 aliphatic rings. The van der Waals surface area contributed by atoms with E-state index in [1.54, 1.807) is 12.2 Å². The van der Waals surface area contributed by atoms with Crippen LogP contribution in [-0.2, 0) is 19.1 Å². The molecule has 0 aromatic carbocycles. The van der Waals surface area contributed by atoms with Crippen LogP contribution in [0.1, 0.15) is 73.1 Å². The number of aliphatic hydroxyl groups excluding tert-OH is 1. The Labute approximate surface area is 224 Å². The predicted molar refractivity (Wildman–Crippen MR) is 142 cm³/mol. The van der Waals surface area contributed by atoms with Gasteiger partial charge >= 0.3 is 5.97 Å². The number of hydrogen-bond acceptors (Lipinski definition) is 7. The quantitative estimate of drug-likeness (QED) is 0.516. The van der Waals surface area contributed by atoms with Gasteiger partial charge in [0.15, 0.2) is 5.78 Å². The summed E-state index contributed by atoms with van der Waals surface area (Å²) in [5.74, 6) is 1.15. The van der Waals surface area contributed by atoms with Crippen molar-refractivity contribution in [3.63, 3.8) is 0 Å². The zero-order chi connectivity index (χ0) is 26.5. The number of rotatable bonds is 2. The lowest BCUT2D eigenvalue weighted by Gasteiger charge is -2.67. The van der Waals surface area contributed by atoms with Gasteiger partial charge in [-0.1, -0.05) is 19.4 Å². The summed E-state index contributed by atoms with van der Waals surface area (Å²) in [7, 11) is 0. The van der Waals surface area contributed by atoms with E-state index in [0.717, 1.165) is 37.0 Å². The Morgan fingerprint density at radius 1 is 1.14 bits per heavy atom. The minimum absolute atomic E-state index is 0.0416. The standard InChI is InChI=1S/C30H42O6S/c1-16-14-22(36-26(33)17(16)2)18(3)29(34)11-9-20-19-15-25-30(35-12-13-37-25)24(32)7-6-23(31)28(30,5)21(19)8-10-27(20,29)4/h6-7,18-22,24-25,32,34H,8-15H2,1-5H3/t18-,19+,20+,21+,22-,24+,25+,27+,28+,29+,30-/m1/s1. The van der Waals surface area contributed by atoms with Gasteiger partial charge in [0.05, 0.1) is 17.6 Å². The first-order valence-electron chi connectivity index (χ1n) is 14.2. The molecular weight excluding hydrogens is 488 g/mol. The molecule has 4 fully saturated rings. The first kappa shape index (κ1) is 26.1. The van der Waals surface area contributed by atoms with Crippen LogP contribution < -0.4 is 0 Å². The van der Waals surface area contributed by atoms with Crippen molar-refractivity contribution in [3.05, 3.63) is 23.3 Å². The van der Waals surface area contributed by atoms with E-state index in [1.165, 1.54) is 0 Å². The number of aliphatic hydroxyl groups is 2. The number of fused-ring (bicyclic) bond motifs is 4. The van der Waals surface area contributed by atoms with Crippen molar-refractivity contribution in [1.29, 1.82) is 0 Å². The van der Waals surface area contributed by atoms with Crippen LogP contribution in [0.3, 0.4) is 0 Å². The van der Waals surface area contributed by atoms with E-state index in [0.29, 0.717) is 25.0 Å². The van der Waals surface area contributed by atoms with E-state index in [9.17, 15) is 19.8 Å². The highest BCUT2D eigenvalue weighted by Crippen LogP contribution is 2.71. The first-order valence-corrected chi connectivity index (χ1v) is 15.2. The highest BCUT2D eigenvalue weighted by atomic mass is 32.2. The number of thioether (sulfide) groups is 1. The normalized spacial score (nSPS) is 52.1. The third kappa shape index (κ3) is 3.12. The number of carbonyl (C=O) groups excluding carboxylic acids is 2. The van der Waals surface area contributed by atoms with Gasteiger partial charge in [0, 0.05) is 28.9 Å². The van der Waals surface area contributed by atoms with Gasteiger partial charge in [0.1, 0.15) is 17.8 Å². The number of hydrogen-bond donors (Lipinski definition) is 2. The SMILES string of the molecule is CC1=C(C)C(=O)O[C@@H]([C@@H](C)[C@@]2(O)CC[C@H]3[C@@H]4C[C@@H]5SCCO[C@]56[C@@H](O)C=CC(=O)[C@]6(C)[C@H]4CC[C@@]32C)C1. The zero-order valence-corrected chi connectivity index (χ0v) is 23.6. The Hall–Kier alpha value is -1.15. The maximum Gasteiger partial charge on any atom is 0.333 e. The molecule has 37 heavy (non-hydrogen) atoms. The summed E-state index contributed by atoms with van der Waals surface area (Å²) >= 11 is 1.85. The molecule has 0 unspecified atom stereocenters. The molecular formula is C30H42O6S. The van der Waals surface area contributed by atoms with Crippen molar-refractivity contribution in [2.45, 2.75) is 102 Å². The summed E-state index contributed by atoms with van der Waals surface area (Å²) in [5.41, 5.74) is -1.20. The second-order valence-corrected chi connectivity index (χ2v) is 14.6. The van der Waals surface area contributed by atoms with Crippen molar-refractivity contribution in [3.8, 4) is 0 Å². The topological polar surface area (TPSA) is 93.1 Å². The molecule has 1 spiro atoms. The van der Waals surface area contributed by atoms with Crippen molar-refractivity contribution in [1.82, 2.24) is 0 Å². The molecule has 0 bridgehead atoms. The van der Waals surface area contributed by atoms with Gasteiger partial charge < -0.3 is 19.7 Å². The molecule has 0 radical (unpaired) electrons. The molecule has 6 rings (SSSR count). The summed E-state index contributed by atoms with van der Waals surface area (Å²) in [6.45, 7) is 10.7. The lowest BCUT2D eigenvalue weighted by atomic mass is 9.42. The Balaban J connectivity index is 1.35.